The van der Waals surface area contributed by atoms with E-state index in [4.69, 9.17) is 5.73 Å². The smallest absolute Gasteiger partial charge is 0.245 e. The lowest BCUT2D eigenvalue weighted by molar-refractivity contribution is -0.136. The number of nitrogens with zero attached hydrogens (tertiary/aromatic N) is 1. The van der Waals surface area contributed by atoms with Crippen LogP contribution in [0.25, 0.3) is 0 Å². The van der Waals surface area contributed by atoms with Gasteiger partial charge in [-0.25, -0.2) is 0 Å². The molecule has 2 amide bonds. The molecule has 2 fully saturated rings. The molecule has 0 radical (unpaired) electrons. The Hall–Kier alpha value is -1.10. The highest BCUT2D eigenvalue weighted by Crippen LogP contribution is 2.18. The van der Waals surface area contributed by atoms with Crippen molar-refractivity contribution in [3.8, 4) is 0 Å². The largest absolute Gasteiger partial charge is 0.344 e. The van der Waals surface area contributed by atoms with Gasteiger partial charge < -0.3 is 16.0 Å². The minimum absolute atomic E-state index is 0.00858. The number of nitrogens with two attached hydrogens (primary N) is 1. The zero-order valence-corrected chi connectivity index (χ0v) is 9.45. The molecule has 0 bridgehead atoms. The summed E-state index contributed by atoms with van der Waals surface area (Å²) in [5.41, 5.74) is 5.63. The number of hydrogen-bond acceptors (Lipinski definition) is 3. The standard InChI is InChI=1S/C11H19N3O2/c12-6-8-2-1-5-14(7-8)11(16)9-3-4-10(15)13-9/h8-9H,1-7,12H2,(H,13,15)/t8?,9-/m0/s1. The Bertz CT molecular complexity index is 293. The third-order valence-corrected chi connectivity index (χ3v) is 3.46. The fraction of sp³-hybridized carbons (Fsp3) is 0.818. The lowest BCUT2D eigenvalue weighted by Crippen LogP contribution is -2.49. The molecule has 0 spiro atoms. The molecule has 1 unspecified atom stereocenters. The van der Waals surface area contributed by atoms with Crippen LogP contribution in [0.5, 0.6) is 0 Å². The van der Waals surface area contributed by atoms with Crippen LogP contribution in [0, 0.1) is 5.92 Å². The first-order valence-electron chi connectivity index (χ1n) is 5.99. The number of carbonyl (C=O) groups excluding carboxylic acids is 2. The molecule has 3 N–H and O–H groups in total. The lowest BCUT2D eigenvalue weighted by atomic mass is 9.97. The van der Waals surface area contributed by atoms with E-state index in [-0.39, 0.29) is 17.9 Å². The summed E-state index contributed by atoms with van der Waals surface area (Å²) in [6.07, 6.45) is 3.25. The normalized spacial score (nSPS) is 30.3. The molecule has 0 aliphatic carbocycles. The molecule has 0 aromatic rings. The van der Waals surface area contributed by atoms with Crippen LogP contribution in [-0.4, -0.2) is 42.4 Å². The summed E-state index contributed by atoms with van der Waals surface area (Å²) in [5.74, 6) is 0.490. The number of likely N-dealkylation sites (tertiary alicyclic amines) is 1. The molecule has 5 nitrogen and oxygen atoms in total. The summed E-state index contributed by atoms with van der Waals surface area (Å²) in [6, 6.07) is -0.288. The maximum absolute atomic E-state index is 12.1. The molecule has 2 heterocycles. The average Bonchev–Trinajstić information content (AvgIpc) is 2.75. The number of piperidine rings is 1. The Morgan fingerprint density at radius 1 is 1.50 bits per heavy atom. The molecule has 5 heteroatoms. The van der Waals surface area contributed by atoms with Gasteiger partial charge in [0.1, 0.15) is 6.04 Å². The van der Waals surface area contributed by atoms with Gasteiger partial charge in [-0.05, 0) is 31.7 Å². The lowest BCUT2D eigenvalue weighted by Gasteiger charge is -2.33. The first-order chi connectivity index (χ1) is 7.70. The predicted octanol–water partition coefficient (Wildman–Crippen LogP) is -0.538. The minimum Gasteiger partial charge on any atom is -0.344 e. The summed E-state index contributed by atoms with van der Waals surface area (Å²) in [7, 11) is 0. The second-order valence-electron chi connectivity index (χ2n) is 4.69. The molecular weight excluding hydrogens is 206 g/mol. The number of carbonyl (C=O) groups is 2. The van der Waals surface area contributed by atoms with Gasteiger partial charge in [-0.15, -0.1) is 0 Å². The summed E-state index contributed by atoms with van der Waals surface area (Å²) in [4.78, 5) is 25.0. The van der Waals surface area contributed by atoms with Gasteiger partial charge in [-0.3, -0.25) is 9.59 Å². The van der Waals surface area contributed by atoms with E-state index in [0.717, 1.165) is 25.9 Å². The van der Waals surface area contributed by atoms with Gasteiger partial charge in [0, 0.05) is 19.5 Å². The van der Waals surface area contributed by atoms with Crippen molar-refractivity contribution < 1.29 is 9.59 Å². The Morgan fingerprint density at radius 2 is 2.31 bits per heavy atom. The van der Waals surface area contributed by atoms with Crippen LogP contribution in [0.1, 0.15) is 25.7 Å². The Morgan fingerprint density at radius 3 is 2.94 bits per heavy atom. The van der Waals surface area contributed by atoms with E-state index in [1.165, 1.54) is 0 Å². The maximum Gasteiger partial charge on any atom is 0.245 e. The van der Waals surface area contributed by atoms with E-state index >= 15 is 0 Å². The van der Waals surface area contributed by atoms with Crippen molar-refractivity contribution in [2.24, 2.45) is 11.7 Å². The molecule has 2 rings (SSSR count). The summed E-state index contributed by atoms with van der Waals surface area (Å²) in [6.45, 7) is 2.20. The van der Waals surface area contributed by atoms with Crippen molar-refractivity contribution in [1.82, 2.24) is 10.2 Å². The first kappa shape index (κ1) is 11.4. The van der Waals surface area contributed by atoms with Crippen molar-refractivity contribution >= 4 is 11.8 Å². The van der Waals surface area contributed by atoms with Crippen LogP contribution in [0.15, 0.2) is 0 Å². The maximum atomic E-state index is 12.1. The van der Waals surface area contributed by atoms with E-state index in [1.54, 1.807) is 0 Å². The Balaban J connectivity index is 1.91. The Kier molecular flexibility index (Phi) is 3.43. The van der Waals surface area contributed by atoms with Crippen LogP contribution in [0.3, 0.4) is 0 Å². The van der Waals surface area contributed by atoms with Crippen molar-refractivity contribution in [2.75, 3.05) is 19.6 Å². The number of amides is 2. The first-order valence-corrected chi connectivity index (χ1v) is 5.99. The third-order valence-electron chi connectivity index (χ3n) is 3.46. The molecule has 90 valence electrons. The molecule has 2 saturated heterocycles. The van der Waals surface area contributed by atoms with E-state index in [9.17, 15) is 9.59 Å². The molecule has 2 aliphatic rings. The van der Waals surface area contributed by atoms with Gasteiger partial charge in [0.05, 0.1) is 0 Å². The van der Waals surface area contributed by atoms with E-state index in [1.807, 2.05) is 4.90 Å². The Labute approximate surface area is 95.3 Å². The highest BCUT2D eigenvalue weighted by molar-refractivity contribution is 5.90. The predicted molar refractivity (Wildman–Crippen MR) is 59.5 cm³/mol. The number of nitrogens with one attached hydrogen (secondary N) is 1. The monoisotopic (exact) mass is 225 g/mol. The second-order valence-corrected chi connectivity index (χ2v) is 4.69. The quantitative estimate of drug-likeness (QED) is 0.663. The van der Waals surface area contributed by atoms with Gasteiger partial charge in [-0.2, -0.15) is 0 Å². The van der Waals surface area contributed by atoms with Crippen LogP contribution < -0.4 is 11.1 Å². The van der Waals surface area contributed by atoms with Crippen molar-refractivity contribution in [3.63, 3.8) is 0 Å². The summed E-state index contributed by atoms with van der Waals surface area (Å²) >= 11 is 0. The molecule has 0 saturated carbocycles. The molecule has 2 aliphatic heterocycles. The molecule has 2 atom stereocenters. The molecule has 0 aromatic heterocycles. The minimum atomic E-state index is -0.288. The van der Waals surface area contributed by atoms with Gasteiger partial charge >= 0.3 is 0 Å². The molecule has 16 heavy (non-hydrogen) atoms. The van der Waals surface area contributed by atoms with Gasteiger partial charge in [-0.1, -0.05) is 0 Å². The molecular formula is C11H19N3O2. The number of rotatable bonds is 2. The molecule has 0 aromatic carbocycles. The summed E-state index contributed by atoms with van der Waals surface area (Å²) in [5, 5.41) is 2.72. The van der Waals surface area contributed by atoms with Gasteiger partial charge in [0.2, 0.25) is 11.8 Å². The summed E-state index contributed by atoms with van der Waals surface area (Å²) < 4.78 is 0. The average molecular weight is 225 g/mol. The zero-order chi connectivity index (χ0) is 11.5. The van der Waals surface area contributed by atoms with E-state index < -0.39 is 0 Å². The third kappa shape index (κ3) is 2.35. The highest BCUT2D eigenvalue weighted by atomic mass is 16.2. The fourth-order valence-electron chi connectivity index (χ4n) is 2.48. The van der Waals surface area contributed by atoms with Crippen LogP contribution in [0.2, 0.25) is 0 Å². The van der Waals surface area contributed by atoms with Crippen molar-refractivity contribution in [1.29, 1.82) is 0 Å². The van der Waals surface area contributed by atoms with Gasteiger partial charge in [0.15, 0.2) is 0 Å². The van der Waals surface area contributed by atoms with Crippen molar-refractivity contribution in [3.05, 3.63) is 0 Å². The van der Waals surface area contributed by atoms with E-state index in [0.29, 0.717) is 25.3 Å². The van der Waals surface area contributed by atoms with E-state index in [2.05, 4.69) is 5.32 Å². The number of hydrogen-bond donors (Lipinski definition) is 2. The fourth-order valence-corrected chi connectivity index (χ4v) is 2.48. The second kappa shape index (κ2) is 4.82. The topological polar surface area (TPSA) is 75.4 Å². The van der Waals surface area contributed by atoms with Crippen LogP contribution in [0.4, 0.5) is 0 Å². The van der Waals surface area contributed by atoms with Crippen molar-refractivity contribution in [2.45, 2.75) is 31.7 Å². The SMILES string of the molecule is NCC1CCCN(C(=O)[C@@H]2CCC(=O)N2)C1. The van der Waals surface area contributed by atoms with Gasteiger partial charge in [0.25, 0.3) is 0 Å². The highest BCUT2D eigenvalue weighted by Gasteiger charge is 2.32. The van der Waals surface area contributed by atoms with Crippen LogP contribution in [-0.2, 0) is 9.59 Å². The van der Waals surface area contributed by atoms with Crippen LogP contribution >= 0.6 is 0 Å². The zero-order valence-electron chi connectivity index (χ0n) is 9.45.